The lowest BCUT2D eigenvalue weighted by Crippen LogP contribution is -2.42. The maximum absolute atomic E-state index is 14.2. The van der Waals surface area contributed by atoms with E-state index in [2.05, 4.69) is 60.7 Å². The van der Waals surface area contributed by atoms with Crippen molar-refractivity contribution in [3.8, 4) is 51.1 Å². The van der Waals surface area contributed by atoms with Crippen molar-refractivity contribution in [3.63, 3.8) is 0 Å². The molecule has 22 heteroatoms. The van der Waals surface area contributed by atoms with Gasteiger partial charge in [-0.1, -0.05) is 6.07 Å². The third-order valence-electron chi connectivity index (χ3n) is 9.20. The van der Waals surface area contributed by atoms with Crippen molar-refractivity contribution in [3.05, 3.63) is 121 Å². The molecule has 5 N–H and O–H groups in total. The van der Waals surface area contributed by atoms with E-state index in [0.717, 1.165) is 17.5 Å². The van der Waals surface area contributed by atoms with Crippen LogP contribution in [0.15, 0.2) is 104 Å². The number of aromatic nitrogens is 12. The minimum atomic E-state index is -2.75. The SMILES string of the molecule is CC(C)(C#N)NC(=O)c1cc(F)cc(-c2cnc3[nH]c(-c4cnn(C(F)F)c4)cc3c2)n1.O=C(Nc1ncc[nH]1)c1cccc(-c2cnc3[nH]c(-c4cnn(C(F)F)c4)cc3c2)n1. The van der Waals surface area contributed by atoms with E-state index in [4.69, 9.17) is 5.26 Å². The number of carbonyl (C=O) groups excluding carboxylic acids is 2. The Kier molecular flexibility index (Phi) is 11.0. The van der Waals surface area contributed by atoms with Crippen LogP contribution in [0, 0.1) is 17.1 Å². The van der Waals surface area contributed by atoms with Gasteiger partial charge in [-0.25, -0.2) is 38.7 Å². The van der Waals surface area contributed by atoms with Gasteiger partial charge in [-0.15, -0.1) is 0 Å². The number of nitrogens with zero attached hydrogens (tertiary/aromatic N) is 10. The van der Waals surface area contributed by atoms with Crippen LogP contribution in [0.25, 0.3) is 67.1 Å². The van der Waals surface area contributed by atoms with Gasteiger partial charge in [-0.2, -0.15) is 33.0 Å². The van der Waals surface area contributed by atoms with Crippen molar-refractivity contribution < 1.29 is 31.5 Å². The van der Waals surface area contributed by atoms with Crippen molar-refractivity contribution in [2.45, 2.75) is 32.5 Å². The zero-order valence-electron chi connectivity index (χ0n) is 32.6. The number of halogens is 5. The lowest BCUT2D eigenvalue weighted by molar-refractivity contribution is 0.0562. The molecule has 9 aromatic heterocycles. The van der Waals surface area contributed by atoms with E-state index in [0.29, 0.717) is 71.3 Å². The van der Waals surface area contributed by atoms with Gasteiger partial charge >= 0.3 is 13.1 Å². The molecular weight excluding hydrogens is 830 g/mol. The summed E-state index contributed by atoms with van der Waals surface area (Å²) in [5.74, 6) is -1.43. The molecule has 0 aliphatic carbocycles. The first-order chi connectivity index (χ1) is 30.2. The minimum absolute atomic E-state index is 0.174. The lowest BCUT2D eigenvalue weighted by Gasteiger charge is -2.17. The molecule has 316 valence electrons. The van der Waals surface area contributed by atoms with Crippen molar-refractivity contribution in [2.75, 3.05) is 5.32 Å². The maximum atomic E-state index is 14.2. The maximum Gasteiger partial charge on any atom is 0.333 e. The highest BCUT2D eigenvalue weighted by atomic mass is 19.3. The van der Waals surface area contributed by atoms with Gasteiger partial charge in [-0.3, -0.25) is 14.9 Å². The van der Waals surface area contributed by atoms with Gasteiger partial charge in [0.1, 0.15) is 34.0 Å². The Hall–Kier alpha value is -8.61. The van der Waals surface area contributed by atoms with Crippen LogP contribution in [-0.4, -0.2) is 76.8 Å². The van der Waals surface area contributed by atoms with Crippen LogP contribution in [0.4, 0.5) is 27.9 Å². The van der Waals surface area contributed by atoms with Crippen LogP contribution in [0.2, 0.25) is 0 Å². The smallest absolute Gasteiger partial charge is 0.333 e. The Morgan fingerprint density at radius 3 is 1.86 bits per heavy atom. The average molecular weight is 860 g/mol. The van der Waals surface area contributed by atoms with E-state index >= 15 is 0 Å². The molecule has 17 nitrogen and oxygen atoms in total. The van der Waals surface area contributed by atoms with Gasteiger partial charge in [0.25, 0.3) is 11.8 Å². The fraction of sp³-hybridized carbons (Fsp3) is 0.122. The normalized spacial score (nSPS) is 11.5. The molecule has 9 aromatic rings. The number of nitriles is 1. The number of pyridine rings is 4. The summed E-state index contributed by atoms with van der Waals surface area (Å²) in [4.78, 5) is 55.0. The van der Waals surface area contributed by atoms with E-state index in [1.54, 1.807) is 48.8 Å². The summed E-state index contributed by atoms with van der Waals surface area (Å²) in [5.41, 5.74) is 3.98. The molecular formula is C41H30F5N15O2. The largest absolute Gasteiger partial charge is 0.339 e. The Bertz CT molecular complexity index is 3160. The third kappa shape index (κ3) is 9.11. The molecule has 9 rings (SSSR count). The summed E-state index contributed by atoms with van der Waals surface area (Å²) < 4.78 is 66.4. The van der Waals surface area contributed by atoms with Crippen LogP contribution in [-0.2, 0) is 0 Å². The zero-order valence-corrected chi connectivity index (χ0v) is 32.6. The number of carbonyl (C=O) groups is 2. The van der Waals surface area contributed by atoms with Crippen LogP contribution in [0.1, 0.15) is 47.9 Å². The first-order valence-electron chi connectivity index (χ1n) is 18.5. The fourth-order valence-corrected chi connectivity index (χ4v) is 6.15. The topological polar surface area (TPSA) is 229 Å². The van der Waals surface area contributed by atoms with E-state index in [9.17, 15) is 31.5 Å². The van der Waals surface area contributed by atoms with Gasteiger partial charge in [0, 0.05) is 82.3 Å². The summed E-state index contributed by atoms with van der Waals surface area (Å²) in [6, 6.07) is 16.2. The van der Waals surface area contributed by atoms with Gasteiger partial charge < -0.3 is 20.3 Å². The number of alkyl halides is 4. The number of hydrogen-bond acceptors (Lipinski definition) is 10. The number of fused-ring (bicyclic) bond motifs is 2. The standard InChI is InChI=1S/C21H16F3N7O.C20H14F2N8O/c1-21(2,10-25)30-19(32)17-6-14(22)5-16(28-17)12-3-11-4-15(29-18(11)26-7-12)13-8-27-31(9-13)20(23)24;21-19(22)30-10-13(9-26-30)16-7-11-6-12(8-25-17(11)28-16)14-2-1-3-15(27-14)18(31)29-20-23-4-5-24-20/h3-9,20H,1-2H3,(H,26,29)(H,30,32);1-10,19H,(H,25,28)(H2,23,24,29,31). The molecule has 0 atom stereocenters. The van der Waals surface area contributed by atoms with Crippen LogP contribution in [0.3, 0.4) is 0 Å². The number of anilines is 1. The first-order valence-corrected chi connectivity index (χ1v) is 18.5. The lowest BCUT2D eigenvalue weighted by atomic mass is 10.1. The van der Waals surface area contributed by atoms with E-state index in [1.165, 1.54) is 51.0 Å². The van der Waals surface area contributed by atoms with Gasteiger partial charge in [0.15, 0.2) is 0 Å². The van der Waals surface area contributed by atoms with Crippen molar-refractivity contribution in [2.24, 2.45) is 0 Å². The highest BCUT2D eigenvalue weighted by Crippen LogP contribution is 2.29. The predicted octanol–water partition coefficient (Wildman–Crippen LogP) is 7.91. The second kappa shape index (κ2) is 16.8. The molecule has 0 spiro atoms. The number of amides is 2. The monoisotopic (exact) mass is 859 g/mol. The van der Waals surface area contributed by atoms with Crippen molar-refractivity contribution in [1.29, 1.82) is 5.26 Å². The molecule has 0 aliphatic heterocycles. The summed E-state index contributed by atoms with van der Waals surface area (Å²) in [6.45, 7) is -2.43. The van der Waals surface area contributed by atoms with Crippen LogP contribution in [0.5, 0.6) is 0 Å². The zero-order chi connectivity index (χ0) is 44.4. The Labute approximate surface area is 351 Å². The fourth-order valence-electron chi connectivity index (χ4n) is 6.15. The highest BCUT2D eigenvalue weighted by Gasteiger charge is 2.23. The number of H-pyrrole nitrogens is 3. The van der Waals surface area contributed by atoms with Gasteiger partial charge in [0.05, 0.1) is 41.2 Å². The number of rotatable bonds is 10. The number of aromatic amines is 3. The van der Waals surface area contributed by atoms with Crippen LogP contribution >= 0.6 is 0 Å². The number of imidazole rings is 1. The van der Waals surface area contributed by atoms with E-state index in [1.807, 2.05) is 12.1 Å². The molecule has 0 aliphatic rings. The van der Waals surface area contributed by atoms with Crippen molar-refractivity contribution >= 4 is 39.8 Å². The van der Waals surface area contributed by atoms with Crippen LogP contribution < -0.4 is 10.6 Å². The Morgan fingerprint density at radius 2 is 1.32 bits per heavy atom. The first kappa shape index (κ1) is 41.1. The number of hydrogen-bond donors (Lipinski definition) is 5. The van der Waals surface area contributed by atoms with Gasteiger partial charge in [-0.05, 0) is 50.2 Å². The molecule has 63 heavy (non-hydrogen) atoms. The highest BCUT2D eigenvalue weighted by molar-refractivity contribution is 6.02. The van der Waals surface area contributed by atoms with Gasteiger partial charge in [0.2, 0.25) is 5.95 Å². The average Bonchev–Trinajstić information content (AvgIpc) is 4.13. The van der Waals surface area contributed by atoms with Crippen molar-refractivity contribution in [1.82, 2.24) is 64.7 Å². The molecule has 0 radical (unpaired) electrons. The molecule has 9 heterocycles. The third-order valence-corrected chi connectivity index (χ3v) is 9.20. The summed E-state index contributed by atoms with van der Waals surface area (Å²) >= 11 is 0. The molecule has 0 bridgehead atoms. The molecule has 0 saturated heterocycles. The molecule has 0 aromatic carbocycles. The summed E-state index contributed by atoms with van der Waals surface area (Å²) in [5, 5.41) is 22.8. The second-order valence-corrected chi connectivity index (χ2v) is 14.2. The summed E-state index contributed by atoms with van der Waals surface area (Å²) in [6.07, 6.45) is 11.3. The molecule has 0 saturated carbocycles. The molecule has 0 fully saturated rings. The quantitative estimate of drug-likeness (QED) is 0.0835. The number of nitrogens with one attached hydrogen (secondary N) is 5. The van der Waals surface area contributed by atoms with E-state index in [-0.39, 0.29) is 17.1 Å². The second-order valence-electron chi connectivity index (χ2n) is 14.2. The predicted molar refractivity (Wildman–Crippen MR) is 217 cm³/mol. The van der Waals surface area contributed by atoms with E-state index < -0.39 is 36.3 Å². The molecule has 0 unspecified atom stereocenters. The summed E-state index contributed by atoms with van der Waals surface area (Å²) in [7, 11) is 0. The Morgan fingerprint density at radius 1 is 0.730 bits per heavy atom. The molecule has 2 amide bonds. The minimum Gasteiger partial charge on any atom is -0.339 e. The Balaban J connectivity index is 0.000000173.